The van der Waals surface area contributed by atoms with Crippen molar-refractivity contribution in [1.82, 2.24) is 9.88 Å². The number of rotatable bonds is 13. The van der Waals surface area contributed by atoms with Crippen LogP contribution in [0.25, 0.3) is 0 Å². The fourth-order valence-electron chi connectivity index (χ4n) is 4.59. The summed E-state index contributed by atoms with van der Waals surface area (Å²) in [4.78, 5) is 39.1. The molecule has 3 rings (SSSR count). The third-order valence-electron chi connectivity index (χ3n) is 6.39. The van der Waals surface area contributed by atoms with E-state index in [4.69, 9.17) is 16.3 Å². The van der Waals surface area contributed by atoms with Crippen LogP contribution in [0.3, 0.4) is 0 Å². The van der Waals surface area contributed by atoms with Crippen LogP contribution < -0.4 is 15.6 Å². The first kappa shape index (κ1) is 30.0. The van der Waals surface area contributed by atoms with Crippen molar-refractivity contribution >= 4 is 23.5 Å². The number of aryl methyl sites for hydroxylation is 1. The molecule has 3 aromatic rings. The van der Waals surface area contributed by atoms with E-state index in [1.165, 1.54) is 4.57 Å². The minimum absolute atomic E-state index is 0.0562. The number of nitrogens with one attached hydrogen (secondary N) is 1. The predicted molar refractivity (Wildman–Crippen MR) is 154 cm³/mol. The number of aliphatic carboxylic acids is 1. The Labute approximate surface area is 234 Å². The normalized spacial score (nSPS) is 12.7. The molecule has 0 bridgehead atoms. The van der Waals surface area contributed by atoms with Gasteiger partial charge in [0.05, 0.1) is 18.6 Å². The number of pyridine rings is 1. The standard InChI is InChI=1S/C31H37ClN2O5/c1-5-6-14-28(34-19-21(4)15-24(31(34)38)16-22-10-7-8-13-26(22)32)30(37)33-27(18-29(35)36)23-11-9-12-25(17-23)39-20(2)3/h7-13,15,17,19-20,27-28H,5-6,14,16,18H2,1-4H3,(H,33,37)(H,35,36)/t27-,28?/m1/s1. The van der Waals surface area contributed by atoms with E-state index in [2.05, 4.69) is 5.32 Å². The highest BCUT2D eigenvalue weighted by molar-refractivity contribution is 6.31. The molecule has 1 amide bonds. The van der Waals surface area contributed by atoms with Crippen molar-refractivity contribution in [3.8, 4) is 5.75 Å². The van der Waals surface area contributed by atoms with Gasteiger partial charge in [0, 0.05) is 23.2 Å². The molecule has 1 aromatic heterocycles. The number of halogens is 1. The van der Waals surface area contributed by atoms with Crippen molar-refractivity contribution < 1.29 is 19.4 Å². The van der Waals surface area contributed by atoms with Crippen molar-refractivity contribution in [2.24, 2.45) is 0 Å². The van der Waals surface area contributed by atoms with Gasteiger partial charge in [-0.2, -0.15) is 0 Å². The number of carbonyl (C=O) groups is 2. The number of hydrogen-bond donors (Lipinski definition) is 2. The summed E-state index contributed by atoms with van der Waals surface area (Å²) in [6.07, 6.45) is 3.67. The topological polar surface area (TPSA) is 97.6 Å². The van der Waals surface area contributed by atoms with Crippen LogP contribution in [0.2, 0.25) is 5.02 Å². The molecule has 208 valence electrons. The summed E-state index contributed by atoms with van der Waals surface area (Å²) < 4.78 is 7.26. The molecule has 1 heterocycles. The van der Waals surface area contributed by atoms with E-state index in [9.17, 15) is 19.5 Å². The Balaban J connectivity index is 1.97. The second-order valence-electron chi connectivity index (χ2n) is 10.1. The highest BCUT2D eigenvalue weighted by Gasteiger charge is 2.27. The number of carboxylic acids is 1. The number of carbonyl (C=O) groups excluding carboxylic acids is 1. The summed E-state index contributed by atoms with van der Waals surface area (Å²) in [5.74, 6) is -0.856. The van der Waals surface area contributed by atoms with Crippen LogP contribution in [0.5, 0.6) is 5.75 Å². The zero-order chi connectivity index (χ0) is 28.5. The number of carboxylic acid groups (broad SMARTS) is 1. The van der Waals surface area contributed by atoms with Crippen LogP contribution in [-0.2, 0) is 16.0 Å². The van der Waals surface area contributed by atoms with Gasteiger partial charge >= 0.3 is 5.97 Å². The first-order valence-corrected chi connectivity index (χ1v) is 13.7. The molecule has 2 atom stereocenters. The van der Waals surface area contributed by atoms with Crippen LogP contribution in [0, 0.1) is 6.92 Å². The lowest BCUT2D eigenvalue weighted by Gasteiger charge is -2.25. The second-order valence-corrected chi connectivity index (χ2v) is 10.5. The molecule has 7 nitrogen and oxygen atoms in total. The molecule has 8 heteroatoms. The Morgan fingerprint density at radius 2 is 1.82 bits per heavy atom. The average Bonchev–Trinajstić information content (AvgIpc) is 2.87. The minimum atomic E-state index is -1.05. The lowest BCUT2D eigenvalue weighted by molar-refractivity contribution is -0.138. The summed E-state index contributed by atoms with van der Waals surface area (Å²) in [5, 5.41) is 13.1. The van der Waals surface area contributed by atoms with Gasteiger partial charge in [-0.05, 0) is 68.1 Å². The van der Waals surface area contributed by atoms with Gasteiger partial charge in [0.2, 0.25) is 5.91 Å². The van der Waals surface area contributed by atoms with Gasteiger partial charge < -0.3 is 19.7 Å². The Morgan fingerprint density at radius 3 is 2.49 bits per heavy atom. The Bertz CT molecular complexity index is 1350. The van der Waals surface area contributed by atoms with Crippen molar-refractivity contribution in [3.05, 3.63) is 98.4 Å². The molecule has 0 saturated carbocycles. The smallest absolute Gasteiger partial charge is 0.305 e. The number of unbranched alkanes of at least 4 members (excludes halogenated alkanes) is 1. The van der Waals surface area contributed by atoms with E-state index in [-0.39, 0.29) is 18.1 Å². The molecule has 0 radical (unpaired) electrons. The second kappa shape index (κ2) is 14.0. The lowest BCUT2D eigenvalue weighted by Crippen LogP contribution is -2.40. The first-order valence-electron chi connectivity index (χ1n) is 13.3. The Morgan fingerprint density at radius 1 is 1.08 bits per heavy atom. The number of aromatic nitrogens is 1. The van der Waals surface area contributed by atoms with E-state index in [0.29, 0.717) is 34.7 Å². The number of ether oxygens (including phenoxy) is 1. The molecule has 0 saturated heterocycles. The predicted octanol–water partition coefficient (Wildman–Crippen LogP) is 6.25. The SMILES string of the molecule is CCCCC(C(=O)N[C@H](CC(=O)O)c1cccc(OC(C)C)c1)n1cc(C)cc(Cc2ccccc2Cl)c1=O. The number of benzene rings is 2. The fraction of sp³-hybridized carbons (Fsp3) is 0.387. The minimum Gasteiger partial charge on any atom is -0.491 e. The first-order chi connectivity index (χ1) is 18.6. The molecular weight excluding hydrogens is 516 g/mol. The average molecular weight is 553 g/mol. The highest BCUT2D eigenvalue weighted by Crippen LogP contribution is 2.25. The van der Waals surface area contributed by atoms with Gasteiger partial charge in [0.25, 0.3) is 5.56 Å². The van der Waals surface area contributed by atoms with E-state index in [1.807, 2.05) is 52.0 Å². The molecular formula is C31H37ClN2O5. The number of nitrogens with zero attached hydrogens (tertiary/aromatic N) is 1. The van der Waals surface area contributed by atoms with Crippen LogP contribution in [0.4, 0.5) is 0 Å². The lowest BCUT2D eigenvalue weighted by atomic mass is 10.0. The van der Waals surface area contributed by atoms with Gasteiger partial charge in [-0.1, -0.05) is 61.7 Å². The van der Waals surface area contributed by atoms with E-state index in [1.54, 1.807) is 36.5 Å². The van der Waals surface area contributed by atoms with Crippen molar-refractivity contribution in [3.63, 3.8) is 0 Å². The fourth-order valence-corrected chi connectivity index (χ4v) is 4.79. The van der Waals surface area contributed by atoms with Crippen molar-refractivity contribution in [2.75, 3.05) is 0 Å². The van der Waals surface area contributed by atoms with Crippen molar-refractivity contribution in [2.45, 2.75) is 78.0 Å². The molecule has 1 unspecified atom stereocenters. The maximum absolute atomic E-state index is 13.7. The zero-order valence-electron chi connectivity index (χ0n) is 22.9. The Kier molecular flexibility index (Phi) is 10.8. The summed E-state index contributed by atoms with van der Waals surface area (Å²) >= 11 is 6.35. The van der Waals surface area contributed by atoms with Crippen molar-refractivity contribution in [1.29, 1.82) is 0 Å². The third-order valence-corrected chi connectivity index (χ3v) is 6.76. The monoisotopic (exact) mass is 552 g/mol. The van der Waals surface area contributed by atoms with E-state index < -0.39 is 24.0 Å². The van der Waals surface area contributed by atoms with Crippen LogP contribution in [-0.4, -0.2) is 27.7 Å². The quantitative estimate of drug-likeness (QED) is 0.261. The third kappa shape index (κ3) is 8.45. The van der Waals surface area contributed by atoms with Gasteiger partial charge in [-0.3, -0.25) is 14.4 Å². The zero-order valence-corrected chi connectivity index (χ0v) is 23.7. The van der Waals surface area contributed by atoms with Crippen LogP contribution in [0.1, 0.15) is 80.8 Å². The molecule has 0 aliphatic carbocycles. The molecule has 2 aromatic carbocycles. The summed E-state index contributed by atoms with van der Waals surface area (Å²) in [6, 6.07) is 14.7. The van der Waals surface area contributed by atoms with E-state index in [0.717, 1.165) is 24.0 Å². The molecule has 0 aliphatic rings. The number of hydrogen-bond acceptors (Lipinski definition) is 4. The highest BCUT2D eigenvalue weighted by atomic mass is 35.5. The van der Waals surface area contributed by atoms with Crippen LogP contribution >= 0.6 is 11.6 Å². The molecule has 0 spiro atoms. The van der Waals surface area contributed by atoms with E-state index >= 15 is 0 Å². The van der Waals surface area contributed by atoms with Gasteiger partial charge in [0.1, 0.15) is 11.8 Å². The Hall–Kier alpha value is -3.58. The molecule has 39 heavy (non-hydrogen) atoms. The molecule has 2 N–H and O–H groups in total. The van der Waals surface area contributed by atoms with Gasteiger partial charge in [-0.25, -0.2) is 0 Å². The largest absolute Gasteiger partial charge is 0.491 e. The summed E-state index contributed by atoms with van der Waals surface area (Å²) in [5.41, 5.74) is 2.56. The summed E-state index contributed by atoms with van der Waals surface area (Å²) in [6.45, 7) is 7.71. The molecule has 0 fully saturated rings. The van der Waals surface area contributed by atoms with Crippen LogP contribution in [0.15, 0.2) is 65.6 Å². The summed E-state index contributed by atoms with van der Waals surface area (Å²) in [7, 11) is 0. The molecule has 0 aliphatic heterocycles. The van der Waals surface area contributed by atoms with Gasteiger partial charge in [0.15, 0.2) is 0 Å². The maximum Gasteiger partial charge on any atom is 0.305 e. The maximum atomic E-state index is 13.7. The van der Waals surface area contributed by atoms with Gasteiger partial charge in [-0.15, -0.1) is 0 Å². The number of amides is 1.